The molecule has 1 aliphatic carbocycles. The van der Waals surface area contributed by atoms with Crippen molar-refractivity contribution in [3.05, 3.63) is 217 Å². The molecule has 0 fully saturated rings. The molecular formula is C51H32N4O. The van der Waals surface area contributed by atoms with Crippen LogP contribution in [0.1, 0.15) is 22.3 Å². The quantitative estimate of drug-likeness (QED) is 0.171. The highest BCUT2D eigenvalue weighted by atomic mass is 16.3. The van der Waals surface area contributed by atoms with Gasteiger partial charge >= 0.3 is 0 Å². The van der Waals surface area contributed by atoms with Crippen molar-refractivity contribution in [1.82, 2.24) is 19.9 Å². The molecule has 11 rings (SSSR count). The molecule has 5 nitrogen and oxygen atoms in total. The van der Waals surface area contributed by atoms with E-state index >= 15 is 0 Å². The Morgan fingerprint density at radius 3 is 1.68 bits per heavy atom. The highest BCUT2D eigenvalue weighted by molar-refractivity contribution is 6.05. The molecule has 0 bridgehead atoms. The average Bonchev–Trinajstić information content (AvgIpc) is 3.80. The molecule has 0 aliphatic heterocycles. The van der Waals surface area contributed by atoms with E-state index in [1.165, 1.54) is 27.8 Å². The number of rotatable bonds is 6. The van der Waals surface area contributed by atoms with Crippen molar-refractivity contribution in [2.75, 3.05) is 0 Å². The Morgan fingerprint density at radius 1 is 0.375 bits per heavy atom. The normalized spacial score (nSPS) is 12.8. The van der Waals surface area contributed by atoms with E-state index in [9.17, 15) is 0 Å². The van der Waals surface area contributed by atoms with Crippen LogP contribution in [0.15, 0.2) is 199 Å². The molecule has 0 N–H and O–H groups in total. The Labute approximate surface area is 323 Å². The van der Waals surface area contributed by atoms with Gasteiger partial charge in [0, 0.05) is 45.4 Å². The number of furan rings is 1. The Balaban J connectivity index is 1.13. The lowest BCUT2D eigenvalue weighted by Crippen LogP contribution is -2.28. The fourth-order valence-electron chi connectivity index (χ4n) is 8.60. The minimum atomic E-state index is -0.548. The number of hydrogen-bond donors (Lipinski definition) is 0. The molecule has 0 amide bonds. The molecule has 0 saturated heterocycles. The molecule has 262 valence electrons. The van der Waals surface area contributed by atoms with Crippen molar-refractivity contribution >= 4 is 21.9 Å². The summed E-state index contributed by atoms with van der Waals surface area (Å²) in [7, 11) is 0. The summed E-state index contributed by atoms with van der Waals surface area (Å²) < 4.78 is 6.32. The van der Waals surface area contributed by atoms with Gasteiger partial charge in [-0.3, -0.25) is 4.98 Å². The molecule has 0 atom stereocenters. The van der Waals surface area contributed by atoms with E-state index in [-0.39, 0.29) is 0 Å². The molecule has 0 unspecified atom stereocenters. The number of benzene rings is 7. The maximum atomic E-state index is 6.32. The Kier molecular flexibility index (Phi) is 7.32. The van der Waals surface area contributed by atoms with Gasteiger partial charge in [0.15, 0.2) is 17.5 Å². The summed E-state index contributed by atoms with van der Waals surface area (Å²) in [5, 5.41) is 2.14. The van der Waals surface area contributed by atoms with Crippen molar-refractivity contribution in [2.45, 2.75) is 5.41 Å². The number of fused-ring (bicyclic) bond motifs is 6. The van der Waals surface area contributed by atoms with Gasteiger partial charge in [0.2, 0.25) is 0 Å². The van der Waals surface area contributed by atoms with Crippen LogP contribution in [0.3, 0.4) is 0 Å². The van der Waals surface area contributed by atoms with Gasteiger partial charge in [-0.15, -0.1) is 0 Å². The van der Waals surface area contributed by atoms with Gasteiger partial charge < -0.3 is 4.42 Å². The third-order valence-corrected chi connectivity index (χ3v) is 11.1. The van der Waals surface area contributed by atoms with Crippen LogP contribution < -0.4 is 0 Å². The highest BCUT2D eigenvalue weighted by Gasteiger charge is 2.45. The zero-order valence-corrected chi connectivity index (χ0v) is 30.2. The smallest absolute Gasteiger partial charge is 0.164 e. The molecular weight excluding hydrogens is 685 g/mol. The van der Waals surface area contributed by atoms with Gasteiger partial charge in [-0.05, 0) is 75.3 Å². The first-order chi connectivity index (χ1) is 27.7. The van der Waals surface area contributed by atoms with E-state index in [4.69, 9.17) is 19.4 Å². The molecule has 7 aromatic carbocycles. The summed E-state index contributed by atoms with van der Waals surface area (Å²) in [5.74, 6) is 1.74. The maximum Gasteiger partial charge on any atom is 0.164 e. The second-order valence-corrected chi connectivity index (χ2v) is 14.2. The van der Waals surface area contributed by atoms with Crippen LogP contribution in [0.4, 0.5) is 0 Å². The molecule has 10 aromatic rings. The molecule has 0 spiro atoms. The second kappa shape index (κ2) is 12.8. The number of pyridine rings is 1. The molecule has 5 heteroatoms. The first-order valence-corrected chi connectivity index (χ1v) is 18.8. The van der Waals surface area contributed by atoms with Gasteiger partial charge in [0.25, 0.3) is 0 Å². The summed E-state index contributed by atoms with van der Waals surface area (Å²) in [6.07, 6.45) is 3.66. The van der Waals surface area contributed by atoms with Crippen molar-refractivity contribution < 1.29 is 4.42 Å². The lowest BCUT2D eigenvalue weighted by Gasteiger charge is -2.34. The number of hydrogen-bond acceptors (Lipinski definition) is 5. The van der Waals surface area contributed by atoms with Gasteiger partial charge in [-0.1, -0.05) is 146 Å². The Morgan fingerprint density at radius 2 is 0.946 bits per heavy atom. The monoisotopic (exact) mass is 716 g/mol. The van der Waals surface area contributed by atoms with Crippen LogP contribution in [0, 0.1) is 0 Å². The average molecular weight is 717 g/mol. The summed E-state index contributed by atoms with van der Waals surface area (Å²) in [6, 6.07) is 63.8. The predicted octanol–water partition coefficient (Wildman–Crippen LogP) is 12.2. The second-order valence-electron chi connectivity index (χ2n) is 14.2. The summed E-state index contributed by atoms with van der Waals surface area (Å²) in [4.78, 5) is 19.9. The van der Waals surface area contributed by atoms with E-state index < -0.39 is 5.41 Å². The van der Waals surface area contributed by atoms with E-state index in [0.717, 1.165) is 55.3 Å². The lowest BCUT2D eigenvalue weighted by atomic mass is 9.67. The third kappa shape index (κ3) is 5.02. The number of aromatic nitrogens is 4. The molecule has 0 saturated carbocycles. The largest absolute Gasteiger partial charge is 0.456 e. The van der Waals surface area contributed by atoms with E-state index in [2.05, 4.69) is 151 Å². The van der Waals surface area contributed by atoms with Crippen LogP contribution in [-0.2, 0) is 5.41 Å². The topological polar surface area (TPSA) is 64.7 Å². The molecule has 3 aromatic heterocycles. The molecule has 3 heterocycles. The first kappa shape index (κ1) is 32.0. The highest BCUT2D eigenvalue weighted by Crippen LogP contribution is 2.56. The summed E-state index contributed by atoms with van der Waals surface area (Å²) >= 11 is 0. The fourth-order valence-corrected chi connectivity index (χ4v) is 8.60. The molecule has 56 heavy (non-hydrogen) atoms. The third-order valence-electron chi connectivity index (χ3n) is 11.1. The van der Waals surface area contributed by atoms with Crippen LogP contribution in [0.5, 0.6) is 0 Å². The van der Waals surface area contributed by atoms with Gasteiger partial charge in [-0.2, -0.15) is 0 Å². The molecule has 1 aliphatic rings. The van der Waals surface area contributed by atoms with Crippen molar-refractivity contribution in [2.24, 2.45) is 0 Å². The number of nitrogens with zero attached hydrogens (tertiary/aromatic N) is 4. The standard InChI is InChI=1S/C51H32N4O/c1-2-17-38(18-3-1)51(44-23-7-4-20-40(44)41-21-5-8-24-45(41)51)39-19-11-15-35(30-39)49-53-48(34-14-10-13-33(29-34)37-16-12-28-52-32-37)54-50(55-49)36-26-27-43-42-22-6-9-25-46(42)56-47(43)31-36/h1-32H. The lowest BCUT2D eigenvalue weighted by molar-refractivity contribution is 0.669. The Bertz CT molecular complexity index is 3050. The van der Waals surface area contributed by atoms with E-state index in [1.54, 1.807) is 6.20 Å². The van der Waals surface area contributed by atoms with E-state index in [1.807, 2.05) is 42.6 Å². The van der Waals surface area contributed by atoms with Crippen molar-refractivity contribution in [3.63, 3.8) is 0 Å². The SMILES string of the molecule is c1ccc(C2(c3cccc(-c4nc(-c5cccc(-c6cccnc6)c5)nc(-c5ccc6c(c5)oc5ccccc56)n4)c3)c3ccccc3-c3ccccc32)cc1. The van der Waals surface area contributed by atoms with E-state index in [0.29, 0.717) is 17.5 Å². The van der Waals surface area contributed by atoms with Crippen LogP contribution in [-0.4, -0.2) is 19.9 Å². The van der Waals surface area contributed by atoms with Gasteiger partial charge in [0.05, 0.1) is 5.41 Å². The minimum absolute atomic E-state index is 0.548. The molecule has 0 radical (unpaired) electrons. The van der Waals surface area contributed by atoms with Crippen LogP contribution >= 0.6 is 0 Å². The van der Waals surface area contributed by atoms with Crippen LogP contribution in [0.25, 0.3) is 78.4 Å². The Hall–Kier alpha value is -7.50. The maximum absolute atomic E-state index is 6.32. The zero-order chi connectivity index (χ0) is 37.1. The number of para-hydroxylation sites is 1. The fraction of sp³-hybridized carbons (Fsp3) is 0.0196. The minimum Gasteiger partial charge on any atom is -0.456 e. The summed E-state index contributed by atoms with van der Waals surface area (Å²) in [6.45, 7) is 0. The van der Waals surface area contributed by atoms with Gasteiger partial charge in [0.1, 0.15) is 11.2 Å². The first-order valence-electron chi connectivity index (χ1n) is 18.8. The predicted molar refractivity (Wildman–Crippen MR) is 224 cm³/mol. The van der Waals surface area contributed by atoms with Gasteiger partial charge in [-0.25, -0.2) is 15.0 Å². The zero-order valence-electron chi connectivity index (χ0n) is 30.2. The van der Waals surface area contributed by atoms with Crippen LogP contribution in [0.2, 0.25) is 0 Å². The van der Waals surface area contributed by atoms with Crippen molar-refractivity contribution in [3.8, 4) is 56.4 Å². The summed E-state index contributed by atoms with van der Waals surface area (Å²) in [5.41, 5.74) is 13.1. The van der Waals surface area contributed by atoms with Crippen molar-refractivity contribution in [1.29, 1.82) is 0 Å².